The number of nitrogens with one attached hydrogen (secondary N) is 1. The highest BCUT2D eigenvalue weighted by atomic mass is 35.5. The lowest BCUT2D eigenvalue weighted by atomic mass is 10.1. The highest BCUT2D eigenvalue weighted by Crippen LogP contribution is 2.36. The molecule has 5 nitrogen and oxygen atoms in total. The van der Waals surface area contributed by atoms with Crippen molar-refractivity contribution in [3.05, 3.63) is 70.0 Å². The number of nitrogens with zero attached hydrogens (tertiary/aromatic N) is 2. The molecule has 2 aromatic carbocycles. The molecule has 0 radical (unpaired) electrons. The first kappa shape index (κ1) is 21.1. The first-order valence-electron chi connectivity index (χ1n) is 8.99. The number of hydrogen-bond donors (Lipinski definition) is 1. The summed E-state index contributed by atoms with van der Waals surface area (Å²) in [6.45, 7) is 4.35. The maximum absolute atomic E-state index is 14.1. The number of methoxy groups -OCH3 is 2. The lowest BCUT2D eigenvalue weighted by molar-refractivity contribution is 0.354. The summed E-state index contributed by atoms with van der Waals surface area (Å²) in [7, 11) is 3.09. The van der Waals surface area contributed by atoms with Crippen LogP contribution in [0.2, 0.25) is 5.02 Å². The van der Waals surface area contributed by atoms with Crippen LogP contribution >= 0.6 is 11.6 Å². The number of hydrogen-bond acceptors (Lipinski definition) is 4. The van der Waals surface area contributed by atoms with Gasteiger partial charge in [-0.1, -0.05) is 11.6 Å². The predicted molar refractivity (Wildman–Crippen MR) is 108 cm³/mol. The van der Waals surface area contributed by atoms with E-state index in [0.717, 1.165) is 22.9 Å². The average molecular weight is 422 g/mol. The zero-order valence-corrected chi connectivity index (χ0v) is 17.3. The molecule has 0 aliphatic heterocycles. The third-order valence-electron chi connectivity index (χ3n) is 4.76. The minimum absolute atomic E-state index is 0.0702. The Morgan fingerprint density at radius 2 is 1.93 bits per heavy atom. The van der Waals surface area contributed by atoms with Crippen LogP contribution in [0.3, 0.4) is 0 Å². The average Bonchev–Trinajstić information content (AvgIpc) is 3.07. The third-order valence-corrected chi connectivity index (χ3v) is 5.04. The molecule has 0 saturated heterocycles. The monoisotopic (exact) mass is 421 g/mol. The van der Waals surface area contributed by atoms with Crippen molar-refractivity contribution in [2.24, 2.45) is 0 Å². The molecule has 3 rings (SSSR count). The minimum atomic E-state index is -0.664. The van der Waals surface area contributed by atoms with E-state index < -0.39 is 11.6 Å². The summed E-state index contributed by atoms with van der Waals surface area (Å²) >= 11 is 6.26. The van der Waals surface area contributed by atoms with Crippen LogP contribution in [0.5, 0.6) is 11.5 Å². The summed E-state index contributed by atoms with van der Waals surface area (Å²) in [6.07, 6.45) is 1.68. The maximum atomic E-state index is 14.1. The van der Waals surface area contributed by atoms with E-state index in [2.05, 4.69) is 10.4 Å². The van der Waals surface area contributed by atoms with Crippen molar-refractivity contribution >= 4 is 11.6 Å². The van der Waals surface area contributed by atoms with Crippen molar-refractivity contribution in [2.75, 3.05) is 14.2 Å². The van der Waals surface area contributed by atoms with E-state index in [1.807, 2.05) is 26.0 Å². The first-order valence-corrected chi connectivity index (χ1v) is 9.37. The summed E-state index contributed by atoms with van der Waals surface area (Å²) < 4.78 is 39.3. The number of aromatic nitrogens is 2. The Kier molecular flexibility index (Phi) is 6.39. The molecule has 1 N–H and O–H groups in total. The summed E-state index contributed by atoms with van der Waals surface area (Å²) in [4.78, 5) is 0. The highest BCUT2D eigenvalue weighted by Gasteiger charge is 2.17. The van der Waals surface area contributed by atoms with E-state index in [1.54, 1.807) is 13.3 Å². The van der Waals surface area contributed by atoms with Gasteiger partial charge < -0.3 is 14.8 Å². The van der Waals surface area contributed by atoms with Gasteiger partial charge >= 0.3 is 0 Å². The molecule has 0 amide bonds. The van der Waals surface area contributed by atoms with Crippen molar-refractivity contribution in [3.8, 4) is 17.2 Å². The summed E-state index contributed by atoms with van der Waals surface area (Å²) in [5.74, 6) is -0.243. The highest BCUT2D eigenvalue weighted by molar-refractivity contribution is 6.32. The van der Waals surface area contributed by atoms with Crippen LogP contribution in [0.1, 0.15) is 29.8 Å². The molecule has 0 bridgehead atoms. The molecule has 0 saturated carbocycles. The van der Waals surface area contributed by atoms with Gasteiger partial charge in [0.05, 0.1) is 25.4 Å². The Morgan fingerprint density at radius 3 is 2.59 bits per heavy atom. The van der Waals surface area contributed by atoms with Gasteiger partial charge in [-0.2, -0.15) is 5.10 Å². The topological polar surface area (TPSA) is 48.3 Å². The van der Waals surface area contributed by atoms with Crippen LogP contribution in [-0.2, 0) is 6.54 Å². The van der Waals surface area contributed by atoms with Crippen LogP contribution in [0.25, 0.3) is 5.69 Å². The van der Waals surface area contributed by atoms with Gasteiger partial charge in [0.25, 0.3) is 0 Å². The number of ether oxygens (including phenoxy) is 2. The quantitative estimate of drug-likeness (QED) is 0.584. The van der Waals surface area contributed by atoms with Gasteiger partial charge in [-0.25, -0.2) is 13.5 Å². The van der Waals surface area contributed by atoms with Crippen LogP contribution in [0.4, 0.5) is 8.78 Å². The number of halogens is 3. The Morgan fingerprint density at radius 1 is 1.17 bits per heavy atom. The normalized spacial score (nSPS) is 12.1. The van der Waals surface area contributed by atoms with Crippen LogP contribution in [-0.4, -0.2) is 24.0 Å². The van der Waals surface area contributed by atoms with Crippen molar-refractivity contribution in [1.29, 1.82) is 0 Å². The predicted octanol–water partition coefficient (Wildman–Crippen LogP) is 4.98. The smallest absolute Gasteiger partial charge is 0.179 e. The Balaban J connectivity index is 1.78. The standard InChI is InChI=1S/C21H22ClF2N3O2/c1-12(25-10-14-7-17(22)21(29-4)20(8-14)28-3)16-11-26-27(13(16)2)19-6-5-15(23)9-18(19)24/h5-9,11-12,25H,10H2,1-4H3. The third kappa shape index (κ3) is 4.36. The molecule has 0 aliphatic carbocycles. The molecule has 29 heavy (non-hydrogen) atoms. The van der Waals surface area contributed by atoms with Gasteiger partial charge in [0.1, 0.15) is 11.5 Å². The van der Waals surface area contributed by atoms with E-state index in [-0.39, 0.29) is 11.7 Å². The van der Waals surface area contributed by atoms with Gasteiger partial charge in [-0.15, -0.1) is 0 Å². The molecule has 0 aliphatic rings. The van der Waals surface area contributed by atoms with Crippen molar-refractivity contribution in [1.82, 2.24) is 15.1 Å². The summed E-state index contributed by atoms with van der Waals surface area (Å²) in [5.41, 5.74) is 2.80. The maximum Gasteiger partial charge on any atom is 0.179 e. The zero-order valence-electron chi connectivity index (χ0n) is 16.6. The molecule has 3 aromatic rings. The molecule has 1 unspecified atom stereocenters. The van der Waals surface area contributed by atoms with Crippen LogP contribution in [0, 0.1) is 18.6 Å². The number of benzene rings is 2. The van der Waals surface area contributed by atoms with E-state index in [9.17, 15) is 8.78 Å². The van der Waals surface area contributed by atoms with Gasteiger partial charge in [0.15, 0.2) is 17.3 Å². The molecule has 1 aromatic heterocycles. The Hall–Kier alpha value is -2.64. The van der Waals surface area contributed by atoms with Gasteiger partial charge in [0, 0.05) is 29.9 Å². The fourth-order valence-corrected chi connectivity index (χ4v) is 3.51. The van der Waals surface area contributed by atoms with Gasteiger partial charge in [-0.05, 0) is 43.7 Å². The molecule has 1 heterocycles. The first-order chi connectivity index (χ1) is 13.8. The second kappa shape index (κ2) is 8.80. The fraction of sp³-hybridized carbons (Fsp3) is 0.286. The van der Waals surface area contributed by atoms with E-state index in [0.29, 0.717) is 23.1 Å². The lowest BCUT2D eigenvalue weighted by Crippen LogP contribution is -2.19. The number of rotatable bonds is 7. The SMILES string of the molecule is COc1cc(CNC(C)c2cnn(-c3ccc(F)cc3F)c2C)cc(Cl)c1OC. The lowest BCUT2D eigenvalue weighted by Gasteiger charge is -2.16. The fourth-order valence-electron chi connectivity index (χ4n) is 3.20. The largest absolute Gasteiger partial charge is 0.493 e. The van der Waals surface area contributed by atoms with Gasteiger partial charge in [-0.3, -0.25) is 0 Å². The molecule has 8 heteroatoms. The Labute approximate surface area is 173 Å². The molecular formula is C21H22ClF2N3O2. The second-order valence-corrected chi connectivity index (χ2v) is 7.02. The molecule has 0 spiro atoms. The molecule has 1 atom stereocenters. The summed E-state index contributed by atoms with van der Waals surface area (Å²) in [6, 6.07) is 7.03. The van der Waals surface area contributed by atoms with Crippen LogP contribution < -0.4 is 14.8 Å². The molecule has 154 valence electrons. The van der Waals surface area contributed by atoms with Crippen molar-refractivity contribution < 1.29 is 18.3 Å². The summed E-state index contributed by atoms with van der Waals surface area (Å²) in [5, 5.41) is 8.14. The molecule has 0 fully saturated rings. The van der Waals surface area contributed by atoms with E-state index in [1.165, 1.54) is 23.9 Å². The van der Waals surface area contributed by atoms with Crippen molar-refractivity contribution in [3.63, 3.8) is 0 Å². The van der Waals surface area contributed by atoms with E-state index >= 15 is 0 Å². The Bertz CT molecular complexity index is 1020. The van der Waals surface area contributed by atoms with Gasteiger partial charge in [0.2, 0.25) is 0 Å². The molecular weight excluding hydrogens is 400 g/mol. The van der Waals surface area contributed by atoms with Crippen molar-refractivity contribution in [2.45, 2.75) is 26.4 Å². The second-order valence-electron chi connectivity index (χ2n) is 6.61. The van der Waals surface area contributed by atoms with Crippen LogP contribution in [0.15, 0.2) is 36.5 Å². The minimum Gasteiger partial charge on any atom is -0.493 e. The zero-order chi connectivity index (χ0) is 21.1. The van der Waals surface area contributed by atoms with E-state index in [4.69, 9.17) is 21.1 Å².